The van der Waals surface area contributed by atoms with Crippen molar-refractivity contribution in [2.75, 3.05) is 0 Å². The number of rotatable bonds is 8. The molecule has 1 aromatic carbocycles. The van der Waals surface area contributed by atoms with Crippen molar-refractivity contribution < 1.29 is 0 Å². The quantitative estimate of drug-likeness (QED) is 0.459. The van der Waals surface area contributed by atoms with Crippen molar-refractivity contribution in [3.05, 3.63) is 70.7 Å². The number of pyridine rings is 1. The Morgan fingerprint density at radius 3 is 2.69 bits per heavy atom. The number of H-pyrrole nitrogens is 1. The first-order valence-corrected chi connectivity index (χ1v) is 11.2. The van der Waals surface area contributed by atoms with E-state index in [0.29, 0.717) is 24.3 Å². The molecule has 2 atom stereocenters. The SMILES string of the molecule is CCCCc1cn(C2CC2C)c(=O)n1Cc1cnccc1-c1ccccc1-c1nn[nH]n1. The van der Waals surface area contributed by atoms with Crippen LogP contribution < -0.4 is 5.69 Å². The van der Waals surface area contributed by atoms with Gasteiger partial charge in [0.25, 0.3) is 0 Å². The Balaban J connectivity index is 1.57. The van der Waals surface area contributed by atoms with Gasteiger partial charge in [-0.05, 0) is 53.2 Å². The second-order valence-electron chi connectivity index (χ2n) is 8.59. The summed E-state index contributed by atoms with van der Waals surface area (Å²) in [5.41, 5.74) is 5.05. The third kappa shape index (κ3) is 3.77. The maximum atomic E-state index is 13.4. The van der Waals surface area contributed by atoms with Crippen molar-refractivity contribution in [3.8, 4) is 22.5 Å². The van der Waals surface area contributed by atoms with E-state index in [1.165, 1.54) is 0 Å². The lowest BCUT2D eigenvalue weighted by atomic mass is 9.96. The van der Waals surface area contributed by atoms with Gasteiger partial charge in [-0.25, -0.2) is 4.79 Å². The highest BCUT2D eigenvalue weighted by molar-refractivity contribution is 5.81. The van der Waals surface area contributed by atoms with Gasteiger partial charge < -0.3 is 0 Å². The van der Waals surface area contributed by atoms with E-state index in [4.69, 9.17) is 0 Å². The summed E-state index contributed by atoms with van der Waals surface area (Å²) in [6.45, 7) is 4.86. The smallest absolute Gasteiger partial charge is 0.296 e. The van der Waals surface area contributed by atoms with Gasteiger partial charge in [-0.2, -0.15) is 5.21 Å². The molecule has 3 heterocycles. The minimum absolute atomic E-state index is 0.0757. The lowest BCUT2D eigenvalue weighted by molar-refractivity contribution is 0.619. The monoisotopic (exact) mass is 429 g/mol. The molecule has 8 nitrogen and oxygen atoms in total. The van der Waals surface area contributed by atoms with E-state index in [0.717, 1.165) is 53.6 Å². The summed E-state index contributed by atoms with van der Waals surface area (Å²) in [5.74, 6) is 1.11. The van der Waals surface area contributed by atoms with E-state index in [1.54, 1.807) is 6.20 Å². The van der Waals surface area contributed by atoms with Gasteiger partial charge in [0.1, 0.15) is 0 Å². The number of tetrazole rings is 1. The number of hydrogen-bond acceptors (Lipinski definition) is 5. The Hall–Kier alpha value is -3.55. The molecule has 0 spiro atoms. The average molecular weight is 430 g/mol. The van der Waals surface area contributed by atoms with Crippen molar-refractivity contribution in [2.24, 2.45) is 5.92 Å². The van der Waals surface area contributed by atoms with Crippen molar-refractivity contribution in [1.29, 1.82) is 0 Å². The first-order valence-electron chi connectivity index (χ1n) is 11.2. The Labute approximate surface area is 186 Å². The van der Waals surface area contributed by atoms with Gasteiger partial charge in [-0.1, -0.05) is 44.5 Å². The van der Waals surface area contributed by atoms with Crippen LogP contribution >= 0.6 is 0 Å². The van der Waals surface area contributed by atoms with Crippen LogP contribution in [0.15, 0.2) is 53.7 Å². The summed E-state index contributed by atoms with van der Waals surface area (Å²) in [7, 11) is 0. The van der Waals surface area contributed by atoms with Gasteiger partial charge in [0.2, 0.25) is 5.82 Å². The summed E-state index contributed by atoms with van der Waals surface area (Å²) >= 11 is 0. The third-order valence-electron chi connectivity index (χ3n) is 6.33. The van der Waals surface area contributed by atoms with Gasteiger partial charge in [-0.15, -0.1) is 10.2 Å². The molecule has 5 rings (SSSR count). The lowest BCUT2D eigenvalue weighted by Gasteiger charge is -2.13. The summed E-state index contributed by atoms with van der Waals surface area (Å²) in [6.07, 6.45) is 9.84. The highest BCUT2D eigenvalue weighted by Gasteiger charge is 2.36. The molecule has 164 valence electrons. The molecular formula is C24H27N7O. The molecule has 0 aliphatic heterocycles. The van der Waals surface area contributed by atoms with Crippen LogP contribution in [0.4, 0.5) is 0 Å². The predicted octanol–water partition coefficient (Wildman–Crippen LogP) is 3.86. The van der Waals surface area contributed by atoms with Crippen molar-refractivity contribution in [2.45, 2.75) is 52.1 Å². The molecule has 0 radical (unpaired) electrons. The molecule has 0 saturated heterocycles. The minimum Gasteiger partial charge on any atom is -0.296 e. The number of aromatic nitrogens is 7. The zero-order chi connectivity index (χ0) is 22.1. The Morgan fingerprint density at radius 1 is 1.16 bits per heavy atom. The molecule has 8 heteroatoms. The van der Waals surface area contributed by atoms with E-state index in [9.17, 15) is 4.79 Å². The molecule has 0 bridgehead atoms. The number of aromatic amines is 1. The normalized spacial score (nSPS) is 17.6. The topological polar surface area (TPSA) is 94.3 Å². The van der Waals surface area contributed by atoms with Crippen molar-refractivity contribution >= 4 is 0 Å². The fourth-order valence-corrected chi connectivity index (χ4v) is 4.38. The first-order chi connectivity index (χ1) is 15.7. The molecule has 2 unspecified atom stereocenters. The zero-order valence-electron chi connectivity index (χ0n) is 18.4. The van der Waals surface area contributed by atoms with E-state index < -0.39 is 0 Å². The van der Waals surface area contributed by atoms with Crippen molar-refractivity contribution in [3.63, 3.8) is 0 Å². The molecule has 1 fully saturated rings. The van der Waals surface area contributed by atoms with Crippen LogP contribution in [0.2, 0.25) is 0 Å². The van der Waals surface area contributed by atoms with Crippen LogP contribution in [0.1, 0.15) is 50.4 Å². The van der Waals surface area contributed by atoms with E-state index >= 15 is 0 Å². The van der Waals surface area contributed by atoms with Gasteiger partial charge in [-0.3, -0.25) is 14.1 Å². The second-order valence-corrected chi connectivity index (χ2v) is 8.59. The lowest BCUT2D eigenvalue weighted by Crippen LogP contribution is -2.25. The molecule has 1 N–H and O–H groups in total. The number of unbranched alkanes of at least 4 members (excludes halogenated alkanes) is 1. The number of nitrogens with one attached hydrogen (secondary N) is 1. The Morgan fingerprint density at radius 2 is 1.97 bits per heavy atom. The highest BCUT2D eigenvalue weighted by atomic mass is 16.1. The predicted molar refractivity (Wildman–Crippen MR) is 122 cm³/mol. The molecule has 4 aromatic rings. The zero-order valence-corrected chi connectivity index (χ0v) is 18.4. The van der Waals surface area contributed by atoms with E-state index in [1.807, 2.05) is 45.7 Å². The number of imidazole rings is 1. The summed E-state index contributed by atoms with van der Waals surface area (Å²) in [5, 5.41) is 14.6. The van der Waals surface area contributed by atoms with Gasteiger partial charge in [0.05, 0.1) is 6.54 Å². The Bertz CT molecular complexity index is 1270. The fraction of sp³-hybridized carbons (Fsp3) is 0.375. The molecule has 1 aliphatic rings. The molecule has 0 amide bonds. The number of nitrogens with zero attached hydrogens (tertiary/aromatic N) is 6. The van der Waals surface area contributed by atoms with Crippen LogP contribution in [0.3, 0.4) is 0 Å². The maximum Gasteiger partial charge on any atom is 0.328 e. The maximum absolute atomic E-state index is 13.4. The summed E-state index contributed by atoms with van der Waals surface area (Å²) < 4.78 is 3.87. The van der Waals surface area contributed by atoms with E-state index in [2.05, 4.69) is 45.7 Å². The molecular weight excluding hydrogens is 402 g/mol. The Kier molecular flexibility index (Phi) is 5.43. The van der Waals surface area contributed by atoms with Gasteiger partial charge in [0.15, 0.2) is 0 Å². The number of hydrogen-bond donors (Lipinski definition) is 1. The summed E-state index contributed by atoms with van der Waals surface area (Å²) in [4.78, 5) is 17.7. The fourth-order valence-electron chi connectivity index (χ4n) is 4.38. The van der Waals surface area contributed by atoms with Gasteiger partial charge >= 0.3 is 5.69 Å². The average Bonchev–Trinajstić information content (AvgIpc) is 3.20. The highest BCUT2D eigenvalue weighted by Crippen LogP contribution is 2.42. The minimum atomic E-state index is 0.0757. The molecule has 1 saturated carbocycles. The summed E-state index contributed by atoms with van der Waals surface area (Å²) in [6, 6.07) is 10.3. The van der Waals surface area contributed by atoms with Gasteiger partial charge in [0, 0.05) is 35.9 Å². The standard InChI is InChI=1S/C24H27N7O/c1-3-4-7-18-15-31(22-12-16(22)2)24(32)30(18)14-17-13-25-11-10-19(17)20-8-5-6-9-21(20)23-26-28-29-27-23/h5-6,8-11,13,15-16,22H,3-4,7,12,14H2,1-2H3,(H,26,27,28,29). The molecule has 1 aliphatic carbocycles. The van der Waals surface area contributed by atoms with Crippen LogP contribution in [-0.2, 0) is 13.0 Å². The number of aryl methyl sites for hydroxylation is 1. The van der Waals surface area contributed by atoms with Crippen LogP contribution in [0.5, 0.6) is 0 Å². The van der Waals surface area contributed by atoms with Crippen LogP contribution in [-0.4, -0.2) is 34.7 Å². The van der Waals surface area contributed by atoms with Crippen LogP contribution in [0, 0.1) is 5.92 Å². The largest absolute Gasteiger partial charge is 0.328 e. The second kappa shape index (κ2) is 8.53. The van der Waals surface area contributed by atoms with Crippen molar-refractivity contribution in [1.82, 2.24) is 34.7 Å². The number of benzene rings is 1. The van der Waals surface area contributed by atoms with E-state index in [-0.39, 0.29) is 5.69 Å². The third-order valence-corrected chi connectivity index (χ3v) is 6.33. The first kappa shape index (κ1) is 20.4. The molecule has 32 heavy (non-hydrogen) atoms. The molecule has 3 aromatic heterocycles. The van der Waals surface area contributed by atoms with Crippen LogP contribution in [0.25, 0.3) is 22.5 Å².